The third-order valence-electron chi connectivity index (χ3n) is 5.58. The van der Waals surface area contributed by atoms with Gasteiger partial charge in [-0.1, -0.05) is 38.1 Å². The second-order valence-electron chi connectivity index (χ2n) is 8.36. The SMILES string of the molecule is CC(C)[C@H](NC(=O)c1c(F)cccc1F)C(=O)NC1CCN(C(=O)Nc2ccccc2)CC1. The Morgan fingerprint density at radius 3 is 2.12 bits per heavy atom. The van der Waals surface area contributed by atoms with Crippen molar-refractivity contribution in [1.82, 2.24) is 15.5 Å². The van der Waals surface area contributed by atoms with Gasteiger partial charge in [-0.25, -0.2) is 13.6 Å². The van der Waals surface area contributed by atoms with Gasteiger partial charge in [0.15, 0.2) is 0 Å². The van der Waals surface area contributed by atoms with Crippen molar-refractivity contribution in [3.05, 3.63) is 65.7 Å². The van der Waals surface area contributed by atoms with E-state index in [1.165, 1.54) is 6.07 Å². The van der Waals surface area contributed by atoms with E-state index in [4.69, 9.17) is 0 Å². The molecule has 2 aromatic rings. The molecule has 0 bridgehead atoms. The lowest BCUT2D eigenvalue weighted by atomic mass is 10.00. The van der Waals surface area contributed by atoms with Crippen molar-refractivity contribution in [3.8, 4) is 0 Å². The van der Waals surface area contributed by atoms with Crippen LogP contribution in [0.4, 0.5) is 19.3 Å². The van der Waals surface area contributed by atoms with E-state index >= 15 is 0 Å². The number of carbonyl (C=O) groups is 3. The molecular weight excluding hydrogens is 430 g/mol. The normalized spacial score (nSPS) is 15.1. The molecule has 2 aromatic carbocycles. The molecule has 0 aromatic heterocycles. The molecule has 0 saturated carbocycles. The summed E-state index contributed by atoms with van der Waals surface area (Å²) in [5.41, 5.74) is -0.00609. The first-order valence-corrected chi connectivity index (χ1v) is 10.9. The third-order valence-corrected chi connectivity index (χ3v) is 5.58. The second-order valence-corrected chi connectivity index (χ2v) is 8.36. The number of likely N-dealkylation sites (tertiary alicyclic amines) is 1. The number of rotatable bonds is 6. The van der Waals surface area contributed by atoms with E-state index in [0.717, 1.165) is 12.1 Å². The van der Waals surface area contributed by atoms with E-state index in [2.05, 4.69) is 16.0 Å². The molecule has 1 heterocycles. The van der Waals surface area contributed by atoms with Crippen molar-refractivity contribution in [2.75, 3.05) is 18.4 Å². The van der Waals surface area contributed by atoms with Gasteiger partial charge in [-0.05, 0) is 43.0 Å². The highest BCUT2D eigenvalue weighted by atomic mass is 19.1. The lowest BCUT2D eigenvalue weighted by Gasteiger charge is -2.33. The number of amides is 4. The van der Waals surface area contributed by atoms with Crippen LogP contribution in [0.25, 0.3) is 0 Å². The van der Waals surface area contributed by atoms with E-state index < -0.39 is 35.1 Å². The standard InChI is InChI=1S/C24H28F2N4O3/c1-15(2)21(29-22(31)20-18(25)9-6-10-19(20)26)23(32)27-17-11-13-30(14-12-17)24(33)28-16-7-4-3-5-8-16/h3-10,15,17,21H,11-14H2,1-2H3,(H,27,32)(H,28,33)(H,29,31)/t21-/m0/s1. The number of nitrogens with one attached hydrogen (secondary N) is 3. The quantitative estimate of drug-likeness (QED) is 0.619. The zero-order valence-electron chi connectivity index (χ0n) is 18.6. The molecule has 3 rings (SSSR count). The summed E-state index contributed by atoms with van der Waals surface area (Å²) in [6.07, 6.45) is 1.10. The fraction of sp³-hybridized carbons (Fsp3) is 0.375. The van der Waals surface area contributed by atoms with Crippen LogP contribution in [0, 0.1) is 17.6 Å². The van der Waals surface area contributed by atoms with Gasteiger partial charge < -0.3 is 20.9 Å². The van der Waals surface area contributed by atoms with Crippen LogP contribution in [-0.2, 0) is 4.79 Å². The Morgan fingerprint density at radius 1 is 0.939 bits per heavy atom. The Morgan fingerprint density at radius 2 is 1.55 bits per heavy atom. The molecule has 1 atom stereocenters. The third kappa shape index (κ3) is 6.27. The maximum atomic E-state index is 13.9. The van der Waals surface area contributed by atoms with Crippen molar-refractivity contribution in [2.24, 2.45) is 5.92 Å². The molecule has 0 aliphatic carbocycles. The van der Waals surface area contributed by atoms with Gasteiger partial charge in [-0.3, -0.25) is 9.59 Å². The van der Waals surface area contributed by atoms with Gasteiger partial charge in [-0.15, -0.1) is 0 Å². The zero-order valence-corrected chi connectivity index (χ0v) is 18.6. The van der Waals surface area contributed by atoms with E-state index in [1.54, 1.807) is 30.9 Å². The number of anilines is 1. The highest BCUT2D eigenvalue weighted by Crippen LogP contribution is 2.16. The maximum Gasteiger partial charge on any atom is 0.321 e. The average molecular weight is 459 g/mol. The van der Waals surface area contributed by atoms with Crippen molar-refractivity contribution < 1.29 is 23.2 Å². The van der Waals surface area contributed by atoms with Crippen molar-refractivity contribution >= 4 is 23.5 Å². The van der Waals surface area contributed by atoms with Crippen LogP contribution in [0.2, 0.25) is 0 Å². The van der Waals surface area contributed by atoms with Crippen LogP contribution in [0.15, 0.2) is 48.5 Å². The maximum absolute atomic E-state index is 13.9. The minimum Gasteiger partial charge on any atom is -0.351 e. The number of benzene rings is 2. The summed E-state index contributed by atoms with van der Waals surface area (Å²) in [4.78, 5) is 39.4. The predicted octanol–water partition coefficient (Wildman–Crippen LogP) is 3.53. The van der Waals surface area contributed by atoms with Gasteiger partial charge in [0.05, 0.1) is 0 Å². The van der Waals surface area contributed by atoms with Crippen LogP contribution in [0.5, 0.6) is 0 Å². The molecule has 3 N–H and O–H groups in total. The second kappa shape index (κ2) is 10.9. The molecule has 0 spiro atoms. The largest absolute Gasteiger partial charge is 0.351 e. The summed E-state index contributed by atoms with van der Waals surface area (Å²) in [5, 5.41) is 8.19. The lowest BCUT2D eigenvalue weighted by Crippen LogP contribution is -2.54. The number of para-hydroxylation sites is 1. The molecule has 7 nitrogen and oxygen atoms in total. The highest BCUT2D eigenvalue weighted by Gasteiger charge is 2.30. The number of nitrogens with zero attached hydrogens (tertiary/aromatic N) is 1. The number of halogens is 2. The highest BCUT2D eigenvalue weighted by molar-refractivity contribution is 5.98. The monoisotopic (exact) mass is 458 g/mol. The van der Waals surface area contributed by atoms with E-state index in [1.807, 2.05) is 18.2 Å². The molecule has 1 saturated heterocycles. The smallest absolute Gasteiger partial charge is 0.321 e. The van der Waals surface area contributed by atoms with Gasteiger partial charge in [0.1, 0.15) is 23.2 Å². The molecule has 1 aliphatic heterocycles. The fourth-order valence-corrected chi connectivity index (χ4v) is 3.71. The lowest BCUT2D eigenvalue weighted by molar-refractivity contribution is -0.124. The van der Waals surface area contributed by atoms with E-state index in [-0.39, 0.29) is 18.0 Å². The molecular formula is C24H28F2N4O3. The first kappa shape index (κ1) is 24.2. The summed E-state index contributed by atoms with van der Waals surface area (Å²) in [7, 11) is 0. The molecule has 0 radical (unpaired) electrons. The first-order chi connectivity index (χ1) is 15.8. The van der Waals surface area contributed by atoms with Crippen LogP contribution >= 0.6 is 0 Å². The Hall–Kier alpha value is -3.49. The number of hydrogen-bond donors (Lipinski definition) is 3. The van der Waals surface area contributed by atoms with Crippen LogP contribution in [-0.4, -0.2) is 47.9 Å². The summed E-state index contributed by atoms with van der Waals surface area (Å²) in [5.74, 6) is -3.69. The Labute approximate surface area is 191 Å². The van der Waals surface area contributed by atoms with E-state index in [0.29, 0.717) is 31.6 Å². The number of piperidine rings is 1. The predicted molar refractivity (Wildman–Crippen MR) is 121 cm³/mol. The van der Waals surface area contributed by atoms with Crippen molar-refractivity contribution in [1.29, 1.82) is 0 Å². The average Bonchev–Trinajstić information content (AvgIpc) is 2.78. The summed E-state index contributed by atoms with van der Waals surface area (Å²) < 4.78 is 27.9. The van der Waals surface area contributed by atoms with Crippen LogP contribution in [0.1, 0.15) is 37.0 Å². The van der Waals surface area contributed by atoms with Gasteiger partial charge >= 0.3 is 6.03 Å². The molecule has 4 amide bonds. The molecule has 0 unspecified atom stereocenters. The van der Waals surface area contributed by atoms with Crippen LogP contribution in [0.3, 0.4) is 0 Å². The molecule has 1 fully saturated rings. The van der Waals surface area contributed by atoms with Gasteiger partial charge in [0, 0.05) is 24.8 Å². The van der Waals surface area contributed by atoms with Crippen molar-refractivity contribution in [2.45, 2.75) is 38.8 Å². The Bertz CT molecular complexity index is 972. The molecule has 33 heavy (non-hydrogen) atoms. The topological polar surface area (TPSA) is 90.5 Å². The number of hydrogen-bond acceptors (Lipinski definition) is 3. The van der Waals surface area contributed by atoms with Gasteiger partial charge in [0.25, 0.3) is 5.91 Å². The Balaban J connectivity index is 1.54. The first-order valence-electron chi connectivity index (χ1n) is 10.9. The zero-order chi connectivity index (χ0) is 24.0. The fourth-order valence-electron chi connectivity index (χ4n) is 3.71. The summed E-state index contributed by atoms with van der Waals surface area (Å²) >= 11 is 0. The summed E-state index contributed by atoms with van der Waals surface area (Å²) in [6.45, 7) is 4.39. The van der Waals surface area contributed by atoms with E-state index in [9.17, 15) is 23.2 Å². The molecule has 1 aliphatic rings. The van der Waals surface area contributed by atoms with Crippen LogP contribution < -0.4 is 16.0 Å². The van der Waals surface area contributed by atoms with Gasteiger partial charge in [0.2, 0.25) is 5.91 Å². The van der Waals surface area contributed by atoms with Gasteiger partial charge in [-0.2, -0.15) is 0 Å². The number of urea groups is 1. The minimum atomic E-state index is -0.989. The number of carbonyl (C=O) groups excluding carboxylic acids is 3. The summed E-state index contributed by atoms with van der Waals surface area (Å²) in [6, 6.07) is 10.9. The minimum absolute atomic E-state index is 0.179. The Kier molecular flexibility index (Phi) is 7.97. The molecule has 176 valence electrons. The van der Waals surface area contributed by atoms with Crippen molar-refractivity contribution in [3.63, 3.8) is 0 Å². The molecule has 9 heteroatoms.